The minimum Gasteiger partial charge on any atom is -0.293 e. The Morgan fingerprint density at radius 1 is 1.35 bits per heavy atom. The van der Waals surface area contributed by atoms with Gasteiger partial charge in [-0.15, -0.1) is 0 Å². The number of benzene rings is 1. The molecule has 26 heavy (non-hydrogen) atoms. The van der Waals surface area contributed by atoms with Gasteiger partial charge in [0.25, 0.3) is 0 Å². The van der Waals surface area contributed by atoms with E-state index in [9.17, 15) is 14.9 Å². The van der Waals surface area contributed by atoms with Gasteiger partial charge in [-0.3, -0.25) is 9.59 Å². The zero-order chi connectivity index (χ0) is 18.5. The number of carbonyl (C=O) groups is 2. The molecule has 0 spiro atoms. The monoisotopic (exact) mass is 345 g/mol. The fraction of sp³-hybridized carbons (Fsp3) is 0.333. The van der Waals surface area contributed by atoms with E-state index in [1.165, 1.54) is 11.6 Å². The molecular formula is C21H19N3O2. The maximum absolute atomic E-state index is 12.6. The molecule has 0 bridgehead atoms. The van der Waals surface area contributed by atoms with Gasteiger partial charge in [-0.05, 0) is 36.0 Å². The molecule has 0 saturated heterocycles. The largest absolute Gasteiger partial charge is 0.293 e. The number of nitriles is 1. The predicted molar refractivity (Wildman–Crippen MR) is 95.4 cm³/mol. The first-order valence-electron chi connectivity index (χ1n) is 8.81. The van der Waals surface area contributed by atoms with E-state index < -0.39 is 5.41 Å². The number of rotatable bonds is 1. The third-order valence-corrected chi connectivity index (χ3v) is 5.84. The second kappa shape index (κ2) is 5.77. The summed E-state index contributed by atoms with van der Waals surface area (Å²) in [5.74, 6) is -0.509. The van der Waals surface area contributed by atoms with Crippen LogP contribution in [0.2, 0.25) is 0 Å². The Balaban J connectivity index is 2.07. The zero-order valence-electron chi connectivity index (χ0n) is 14.8. The number of Topliss-reactive ketones (excluding diaryl/α,β-unsaturated/α-hetero) is 1. The van der Waals surface area contributed by atoms with Crippen molar-refractivity contribution < 1.29 is 9.59 Å². The van der Waals surface area contributed by atoms with Crippen LogP contribution < -0.4 is 0 Å². The molecule has 1 heterocycles. The summed E-state index contributed by atoms with van der Waals surface area (Å²) in [5, 5.41) is 14.2. The molecule has 0 saturated carbocycles. The van der Waals surface area contributed by atoms with Gasteiger partial charge in [0.05, 0.1) is 16.7 Å². The third kappa shape index (κ3) is 2.12. The predicted octanol–water partition coefficient (Wildman–Crippen LogP) is 3.06. The highest BCUT2D eigenvalue weighted by molar-refractivity contribution is 6.02. The van der Waals surface area contributed by atoms with Gasteiger partial charge in [0.1, 0.15) is 6.07 Å². The Kier molecular flexibility index (Phi) is 3.66. The number of hydrogen-bond donors (Lipinski definition) is 0. The number of nitrogens with zero attached hydrogens (tertiary/aromatic N) is 3. The first kappa shape index (κ1) is 16.5. The number of hydrogen-bond acceptors (Lipinski definition) is 4. The molecule has 0 fully saturated rings. The Labute approximate surface area is 151 Å². The topological polar surface area (TPSA) is 75.8 Å². The van der Waals surface area contributed by atoms with Crippen LogP contribution in [0.1, 0.15) is 41.9 Å². The van der Waals surface area contributed by atoms with Crippen molar-refractivity contribution in [3.8, 4) is 6.07 Å². The van der Waals surface area contributed by atoms with Gasteiger partial charge < -0.3 is 0 Å². The van der Waals surface area contributed by atoms with E-state index in [-0.39, 0.29) is 29.1 Å². The highest BCUT2D eigenvalue weighted by Gasteiger charge is 2.53. The van der Waals surface area contributed by atoms with Crippen LogP contribution in [0.5, 0.6) is 0 Å². The molecule has 4 rings (SSSR count). The van der Waals surface area contributed by atoms with E-state index in [1.54, 1.807) is 12.3 Å². The lowest BCUT2D eigenvalue weighted by Crippen LogP contribution is -2.48. The molecule has 0 radical (unpaired) electrons. The van der Waals surface area contributed by atoms with Gasteiger partial charge in [-0.1, -0.05) is 37.3 Å². The van der Waals surface area contributed by atoms with Gasteiger partial charge in [-0.2, -0.15) is 10.4 Å². The average molecular weight is 345 g/mol. The molecule has 0 aliphatic heterocycles. The minimum absolute atomic E-state index is 0.0114. The lowest BCUT2D eigenvalue weighted by atomic mass is 9.54. The number of ketones is 1. The molecule has 1 aromatic carbocycles. The highest BCUT2D eigenvalue weighted by atomic mass is 16.2. The number of allylic oxidation sites excluding steroid dienone is 2. The maximum Gasteiger partial charge on any atom is 0.243 e. The summed E-state index contributed by atoms with van der Waals surface area (Å²) in [6, 6.07) is 12.0. The van der Waals surface area contributed by atoms with Gasteiger partial charge in [0.2, 0.25) is 5.91 Å². The summed E-state index contributed by atoms with van der Waals surface area (Å²) in [7, 11) is 0. The van der Waals surface area contributed by atoms with Crippen LogP contribution in [0.3, 0.4) is 0 Å². The maximum atomic E-state index is 12.6. The van der Waals surface area contributed by atoms with Gasteiger partial charge >= 0.3 is 0 Å². The fourth-order valence-electron chi connectivity index (χ4n) is 4.60. The Morgan fingerprint density at radius 3 is 2.73 bits per heavy atom. The van der Waals surface area contributed by atoms with Gasteiger partial charge in [-0.25, -0.2) is 4.68 Å². The van der Waals surface area contributed by atoms with Crippen LogP contribution in [0.25, 0.3) is 0 Å². The van der Waals surface area contributed by atoms with Crippen LogP contribution in [-0.4, -0.2) is 21.5 Å². The van der Waals surface area contributed by atoms with Crippen molar-refractivity contribution in [2.24, 2.45) is 11.8 Å². The van der Waals surface area contributed by atoms with E-state index >= 15 is 0 Å². The smallest absolute Gasteiger partial charge is 0.243 e. The van der Waals surface area contributed by atoms with E-state index in [0.29, 0.717) is 0 Å². The average Bonchev–Trinajstić information content (AvgIpc) is 3.10. The van der Waals surface area contributed by atoms with Crippen molar-refractivity contribution >= 4 is 11.7 Å². The summed E-state index contributed by atoms with van der Waals surface area (Å²) in [6.07, 6.45) is 5.17. The minimum atomic E-state index is -0.659. The third-order valence-electron chi connectivity index (χ3n) is 5.84. The van der Waals surface area contributed by atoms with Crippen LogP contribution in [-0.2, 0) is 16.6 Å². The SMILES string of the molecule is CC(=O)n1cc2c(n1)[C@@]1(c3ccccc3)C=C(C#N)C(=O)C(C)C1CC2. The lowest BCUT2D eigenvalue weighted by molar-refractivity contribution is -0.121. The zero-order valence-corrected chi connectivity index (χ0v) is 14.8. The molecular weight excluding hydrogens is 326 g/mol. The molecule has 5 heteroatoms. The van der Waals surface area contributed by atoms with Crippen LogP contribution in [0, 0.1) is 23.2 Å². The molecule has 2 aromatic rings. The van der Waals surface area contributed by atoms with Crippen LogP contribution >= 0.6 is 0 Å². The van der Waals surface area contributed by atoms with E-state index in [4.69, 9.17) is 0 Å². The van der Waals surface area contributed by atoms with E-state index in [0.717, 1.165) is 29.7 Å². The molecule has 0 N–H and O–H groups in total. The second-order valence-electron chi connectivity index (χ2n) is 7.17. The second-order valence-corrected chi connectivity index (χ2v) is 7.17. The van der Waals surface area contributed by atoms with E-state index in [1.807, 2.05) is 37.3 Å². The number of aromatic nitrogens is 2. The van der Waals surface area contributed by atoms with Crippen molar-refractivity contribution in [1.82, 2.24) is 9.78 Å². The Hall–Kier alpha value is -3.00. The number of aryl methyl sites for hydroxylation is 1. The van der Waals surface area contributed by atoms with Crippen molar-refractivity contribution in [3.05, 3.63) is 65.0 Å². The summed E-state index contributed by atoms with van der Waals surface area (Å²) in [6.45, 7) is 3.39. The Bertz CT molecular complexity index is 980. The van der Waals surface area contributed by atoms with E-state index in [2.05, 4.69) is 11.2 Å². The normalized spacial score (nSPS) is 27.1. The van der Waals surface area contributed by atoms with Crippen molar-refractivity contribution in [2.75, 3.05) is 0 Å². The number of fused-ring (bicyclic) bond motifs is 3. The van der Waals surface area contributed by atoms with Gasteiger partial charge in [0, 0.05) is 19.0 Å². The molecule has 5 nitrogen and oxygen atoms in total. The molecule has 2 aliphatic rings. The molecule has 3 atom stereocenters. The quantitative estimate of drug-likeness (QED) is 0.796. The first-order chi connectivity index (χ1) is 12.5. The summed E-state index contributed by atoms with van der Waals surface area (Å²) < 4.78 is 1.37. The molecule has 0 amide bonds. The standard InChI is InChI=1S/C21H19N3O2/c1-13-18-9-8-15-12-24(14(2)25)23-20(15)21(18,10-16(11-22)19(13)26)17-6-4-3-5-7-17/h3-7,10,12-13,18H,8-9H2,1-2H3/t13?,18?,21-/m1/s1. The van der Waals surface area contributed by atoms with Crippen LogP contribution in [0.4, 0.5) is 0 Å². The Morgan fingerprint density at radius 2 is 2.08 bits per heavy atom. The first-order valence-corrected chi connectivity index (χ1v) is 8.81. The summed E-state index contributed by atoms with van der Waals surface area (Å²) in [5.41, 5.74) is 2.33. The van der Waals surface area contributed by atoms with Gasteiger partial charge in [0.15, 0.2) is 5.78 Å². The summed E-state index contributed by atoms with van der Waals surface area (Å²) in [4.78, 5) is 24.5. The molecule has 1 aromatic heterocycles. The lowest BCUT2D eigenvalue weighted by Gasteiger charge is -2.46. The number of carbonyl (C=O) groups excluding carboxylic acids is 2. The highest BCUT2D eigenvalue weighted by Crippen LogP contribution is 2.53. The fourth-order valence-corrected chi connectivity index (χ4v) is 4.60. The van der Waals surface area contributed by atoms with Crippen molar-refractivity contribution in [1.29, 1.82) is 5.26 Å². The molecule has 2 aliphatic carbocycles. The molecule has 2 unspecified atom stereocenters. The summed E-state index contributed by atoms with van der Waals surface area (Å²) >= 11 is 0. The van der Waals surface area contributed by atoms with Crippen LogP contribution in [0.15, 0.2) is 48.2 Å². The van der Waals surface area contributed by atoms with Crippen molar-refractivity contribution in [3.63, 3.8) is 0 Å². The molecule has 130 valence electrons. The van der Waals surface area contributed by atoms with Crippen molar-refractivity contribution in [2.45, 2.75) is 32.1 Å².